The molecule has 0 saturated carbocycles. The van der Waals surface area contributed by atoms with Crippen LogP contribution in [-0.2, 0) is 26.2 Å². The van der Waals surface area contributed by atoms with E-state index in [0.717, 1.165) is 56.8 Å². The van der Waals surface area contributed by atoms with Gasteiger partial charge in [0.2, 0.25) is 0 Å². The zero-order valence-corrected chi connectivity index (χ0v) is 30.7. The molecular formula is C37H46N8O6. The molecule has 2 aromatic carbocycles. The molecule has 0 saturated heterocycles. The van der Waals surface area contributed by atoms with Crippen molar-refractivity contribution in [3.05, 3.63) is 106 Å². The largest absolute Gasteiger partial charge is 0.493 e. The van der Waals surface area contributed by atoms with Crippen molar-refractivity contribution in [2.45, 2.75) is 53.9 Å². The van der Waals surface area contributed by atoms with Crippen LogP contribution in [0.2, 0.25) is 0 Å². The van der Waals surface area contributed by atoms with Gasteiger partial charge in [-0.3, -0.25) is 9.36 Å². The second-order valence-electron chi connectivity index (χ2n) is 11.8. The Balaban J connectivity index is 0.000000279. The summed E-state index contributed by atoms with van der Waals surface area (Å²) in [5.41, 5.74) is 5.86. The van der Waals surface area contributed by atoms with Crippen LogP contribution in [0.5, 0.6) is 23.0 Å². The van der Waals surface area contributed by atoms with Crippen LogP contribution in [0.1, 0.15) is 45.2 Å². The molecule has 14 heteroatoms. The summed E-state index contributed by atoms with van der Waals surface area (Å²) in [6, 6.07) is 15.7. The van der Waals surface area contributed by atoms with Gasteiger partial charge >= 0.3 is 0 Å². The van der Waals surface area contributed by atoms with Gasteiger partial charge in [-0.2, -0.15) is 10.2 Å². The summed E-state index contributed by atoms with van der Waals surface area (Å²) in [7, 11) is 8.42. The minimum atomic E-state index is 0.531. The molecule has 0 aliphatic rings. The van der Waals surface area contributed by atoms with E-state index in [4.69, 9.17) is 33.1 Å². The van der Waals surface area contributed by atoms with Crippen LogP contribution in [-0.4, -0.2) is 65.4 Å². The van der Waals surface area contributed by atoms with Gasteiger partial charge in [0.1, 0.15) is 17.3 Å². The van der Waals surface area contributed by atoms with E-state index in [0.29, 0.717) is 49.2 Å². The Morgan fingerprint density at radius 1 is 0.647 bits per heavy atom. The normalized spacial score (nSPS) is 10.8. The lowest BCUT2D eigenvalue weighted by atomic mass is 10.1. The molecule has 270 valence electrons. The van der Waals surface area contributed by atoms with E-state index in [-0.39, 0.29) is 0 Å². The predicted octanol–water partition coefficient (Wildman–Crippen LogP) is 6.36. The summed E-state index contributed by atoms with van der Waals surface area (Å²) in [6.07, 6.45) is 3.89. The minimum absolute atomic E-state index is 0.531. The van der Waals surface area contributed by atoms with E-state index in [1.165, 1.54) is 0 Å². The lowest BCUT2D eigenvalue weighted by Gasteiger charge is -2.25. The van der Waals surface area contributed by atoms with Gasteiger partial charge in [0, 0.05) is 66.9 Å². The molecule has 0 bridgehead atoms. The average Bonchev–Trinajstić information content (AvgIpc) is 3.95. The highest BCUT2D eigenvalue weighted by atomic mass is 16.5. The van der Waals surface area contributed by atoms with Gasteiger partial charge in [0.15, 0.2) is 28.8 Å². The second-order valence-corrected chi connectivity index (χ2v) is 11.8. The number of hydrogen-bond acceptors (Lipinski definition) is 12. The maximum atomic E-state index is 5.70. The summed E-state index contributed by atoms with van der Waals surface area (Å²) in [5.74, 6) is 6.06. The first kappa shape index (κ1) is 36.4. The Labute approximate surface area is 297 Å². The number of ether oxygens (including phenoxy) is 4. The Bertz CT molecular complexity index is 1930. The van der Waals surface area contributed by atoms with E-state index in [1.807, 2.05) is 105 Å². The van der Waals surface area contributed by atoms with Crippen LogP contribution in [0.3, 0.4) is 0 Å². The standard InChI is InChI=1S/C27H32N4O5.C10H14N4O/c1-18-22(19(2)36-29-18)17-31-14-13-25(28-31)30(15-20-9-7-11-23(32-3)26(20)34-5)16-21-10-8-12-24(33-4)27(21)35-6;1-7-9(8(2)15-13-7)6-14-5-4-10(11-3)12-14/h7-14H,15-17H2,1-6H3;4-5H,6H2,1-3H3,(H,11,12). The molecule has 51 heavy (non-hydrogen) atoms. The maximum absolute atomic E-state index is 5.70. The third kappa shape index (κ3) is 8.46. The highest BCUT2D eigenvalue weighted by Gasteiger charge is 2.20. The predicted molar refractivity (Wildman–Crippen MR) is 193 cm³/mol. The Morgan fingerprint density at radius 3 is 1.55 bits per heavy atom. The zero-order valence-electron chi connectivity index (χ0n) is 30.7. The maximum Gasteiger partial charge on any atom is 0.165 e. The first-order valence-corrected chi connectivity index (χ1v) is 16.4. The van der Waals surface area contributed by atoms with Crippen molar-refractivity contribution in [3.8, 4) is 23.0 Å². The zero-order chi connectivity index (χ0) is 36.5. The summed E-state index contributed by atoms with van der Waals surface area (Å²) < 4.78 is 36.6. The number of hydrogen-bond donors (Lipinski definition) is 1. The first-order valence-electron chi connectivity index (χ1n) is 16.4. The monoisotopic (exact) mass is 698 g/mol. The fraction of sp³-hybridized carbons (Fsp3) is 0.351. The molecule has 1 N–H and O–H groups in total. The van der Waals surface area contributed by atoms with Crippen LogP contribution in [0, 0.1) is 27.7 Å². The van der Waals surface area contributed by atoms with E-state index in [9.17, 15) is 0 Å². The molecule has 0 atom stereocenters. The number of para-hydroxylation sites is 2. The SMILES string of the molecule is CNc1ccn(Cc2c(C)noc2C)n1.COc1cccc(CN(Cc2cccc(OC)c2OC)c2ccn(Cc3c(C)noc3C)n2)c1OC. The molecule has 6 aromatic rings. The fourth-order valence-corrected chi connectivity index (χ4v) is 5.76. The van der Waals surface area contributed by atoms with Crippen molar-refractivity contribution in [1.82, 2.24) is 29.9 Å². The summed E-state index contributed by atoms with van der Waals surface area (Å²) in [4.78, 5) is 2.17. The number of rotatable bonds is 14. The lowest BCUT2D eigenvalue weighted by Crippen LogP contribution is -2.24. The number of nitrogens with zero attached hydrogens (tertiary/aromatic N) is 7. The fourth-order valence-electron chi connectivity index (χ4n) is 5.76. The van der Waals surface area contributed by atoms with Crippen molar-refractivity contribution < 1.29 is 28.0 Å². The van der Waals surface area contributed by atoms with E-state index in [1.54, 1.807) is 28.4 Å². The Morgan fingerprint density at radius 2 is 1.14 bits per heavy atom. The van der Waals surface area contributed by atoms with Crippen LogP contribution in [0.25, 0.3) is 0 Å². The third-order valence-corrected chi connectivity index (χ3v) is 8.54. The van der Waals surface area contributed by atoms with Gasteiger partial charge in [0.25, 0.3) is 0 Å². The molecule has 0 aliphatic carbocycles. The third-order valence-electron chi connectivity index (χ3n) is 8.54. The van der Waals surface area contributed by atoms with Crippen molar-refractivity contribution in [2.75, 3.05) is 45.7 Å². The summed E-state index contributed by atoms with van der Waals surface area (Å²) >= 11 is 0. The molecule has 0 radical (unpaired) electrons. The van der Waals surface area contributed by atoms with Gasteiger partial charge in [0.05, 0.1) is 52.9 Å². The highest BCUT2D eigenvalue weighted by molar-refractivity contribution is 5.52. The van der Waals surface area contributed by atoms with Crippen LogP contribution < -0.4 is 29.2 Å². The van der Waals surface area contributed by atoms with Crippen molar-refractivity contribution >= 4 is 11.6 Å². The van der Waals surface area contributed by atoms with Gasteiger partial charge < -0.3 is 38.2 Å². The summed E-state index contributed by atoms with van der Waals surface area (Å²) in [5, 5.41) is 20.2. The lowest BCUT2D eigenvalue weighted by molar-refractivity contribution is 0.350. The van der Waals surface area contributed by atoms with Crippen LogP contribution in [0.15, 0.2) is 70.0 Å². The number of aromatic nitrogens is 6. The summed E-state index contributed by atoms with van der Waals surface area (Å²) in [6.45, 7) is 10.0. The minimum Gasteiger partial charge on any atom is -0.493 e. The number of methoxy groups -OCH3 is 4. The quantitative estimate of drug-likeness (QED) is 0.135. The molecule has 0 aliphatic heterocycles. The first-order chi connectivity index (χ1) is 24.7. The number of anilines is 2. The van der Waals surface area contributed by atoms with E-state index >= 15 is 0 Å². The molecule has 6 rings (SSSR count). The van der Waals surface area contributed by atoms with Crippen molar-refractivity contribution in [2.24, 2.45) is 0 Å². The van der Waals surface area contributed by atoms with E-state index < -0.39 is 0 Å². The molecule has 0 unspecified atom stereocenters. The highest BCUT2D eigenvalue weighted by Crippen LogP contribution is 2.35. The number of benzene rings is 2. The number of nitrogens with one attached hydrogen (secondary N) is 1. The second kappa shape index (κ2) is 16.7. The average molecular weight is 699 g/mol. The topological polar surface area (TPSA) is 140 Å². The van der Waals surface area contributed by atoms with Crippen molar-refractivity contribution in [1.29, 1.82) is 0 Å². The molecule has 4 aromatic heterocycles. The van der Waals surface area contributed by atoms with E-state index in [2.05, 4.69) is 25.6 Å². The van der Waals surface area contributed by atoms with Crippen LogP contribution >= 0.6 is 0 Å². The smallest absolute Gasteiger partial charge is 0.165 e. The van der Waals surface area contributed by atoms with Gasteiger partial charge in [-0.05, 0) is 39.8 Å². The van der Waals surface area contributed by atoms with Gasteiger partial charge in [-0.15, -0.1) is 0 Å². The molecule has 4 heterocycles. The van der Waals surface area contributed by atoms with Gasteiger partial charge in [-0.1, -0.05) is 34.6 Å². The van der Waals surface area contributed by atoms with Crippen LogP contribution in [0.4, 0.5) is 11.6 Å². The Hall–Kier alpha value is -5.92. The molecule has 0 spiro atoms. The Kier molecular flexibility index (Phi) is 11.9. The van der Waals surface area contributed by atoms with Gasteiger partial charge in [-0.25, -0.2) is 0 Å². The molecular weight excluding hydrogens is 652 g/mol. The van der Waals surface area contributed by atoms with Crippen molar-refractivity contribution in [3.63, 3.8) is 0 Å². The number of aryl methyl sites for hydroxylation is 4. The molecule has 14 nitrogen and oxygen atoms in total. The molecule has 0 fully saturated rings. The molecule has 0 amide bonds.